The van der Waals surface area contributed by atoms with Gasteiger partial charge in [-0.25, -0.2) is 4.98 Å². The summed E-state index contributed by atoms with van der Waals surface area (Å²) in [6.07, 6.45) is 0. The zero-order chi connectivity index (χ0) is 23.5. The number of rotatable bonds is 8. The third-order valence-electron chi connectivity index (χ3n) is 4.66. The summed E-state index contributed by atoms with van der Waals surface area (Å²) < 4.78 is 7.27. The maximum atomic E-state index is 12.6. The fraction of sp³-hybridized carbons (Fsp3) is 0.0952. The van der Waals surface area contributed by atoms with Gasteiger partial charge in [0.15, 0.2) is 5.16 Å². The molecule has 0 bridgehead atoms. The summed E-state index contributed by atoms with van der Waals surface area (Å²) in [5, 5.41) is 16.4. The first-order chi connectivity index (χ1) is 15.9. The first-order valence-corrected chi connectivity index (χ1v) is 11.4. The number of nitro groups is 1. The zero-order valence-electron chi connectivity index (χ0n) is 17.2. The lowest BCUT2D eigenvalue weighted by Gasteiger charge is -2.13. The largest absolute Gasteiger partial charge is 0.495 e. The van der Waals surface area contributed by atoms with Gasteiger partial charge >= 0.3 is 0 Å². The number of carbonyl (C=O) groups excluding carboxylic acids is 2. The van der Waals surface area contributed by atoms with E-state index in [-0.39, 0.29) is 22.9 Å². The number of nitro benzene ring substituents is 1. The number of nitrogens with two attached hydrogens (primary N) is 1. The number of aromatic nitrogens is 2. The Morgan fingerprint density at radius 2 is 2.06 bits per heavy atom. The number of ether oxygens (including phenoxy) is 1. The maximum Gasteiger partial charge on any atom is 0.271 e. The van der Waals surface area contributed by atoms with Crippen molar-refractivity contribution in [3.05, 3.63) is 69.6 Å². The molecule has 3 N–H and O–H groups in total. The minimum atomic E-state index is -0.626. The number of primary amides is 1. The number of benzene rings is 2. The van der Waals surface area contributed by atoms with Gasteiger partial charge in [0, 0.05) is 12.1 Å². The number of amides is 2. The van der Waals surface area contributed by atoms with Crippen molar-refractivity contribution in [1.82, 2.24) is 9.55 Å². The molecule has 0 aliphatic heterocycles. The van der Waals surface area contributed by atoms with Gasteiger partial charge < -0.3 is 15.8 Å². The molecule has 2 heterocycles. The average molecular weight is 484 g/mol. The van der Waals surface area contributed by atoms with E-state index >= 15 is 0 Å². The van der Waals surface area contributed by atoms with Gasteiger partial charge in [0.05, 0.1) is 40.1 Å². The number of hydrogen-bond acceptors (Lipinski definition) is 8. The molecular weight excluding hydrogens is 466 g/mol. The van der Waals surface area contributed by atoms with Gasteiger partial charge in [0.25, 0.3) is 11.6 Å². The number of nitrogens with one attached hydrogen (secondary N) is 1. The van der Waals surface area contributed by atoms with Gasteiger partial charge in [0.2, 0.25) is 5.91 Å². The van der Waals surface area contributed by atoms with Gasteiger partial charge in [0.1, 0.15) is 10.8 Å². The van der Waals surface area contributed by atoms with Gasteiger partial charge in [-0.2, -0.15) is 0 Å². The molecular formula is C21H17N5O5S2. The van der Waals surface area contributed by atoms with E-state index in [9.17, 15) is 19.7 Å². The average Bonchev–Trinajstić information content (AvgIpc) is 3.41. The lowest BCUT2D eigenvalue weighted by molar-refractivity contribution is -0.384. The molecule has 0 unspecified atom stereocenters. The monoisotopic (exact) mass is 483 g/mol. The van der Waals surface area contributed by atoms with Crippen molar-refractivity contribution >= 4 is 56.6 Å². The van der Waals surface area contributed by atoms with Crippen molar-refractivity contribution in [3.8, 4) is 11.4 Å². The normalized spacial score (nSPS) is 10.8. The highest BCUT2D eigenvalue weighted by Gasteiger charge is 2.20. The number of carbonyl (C=O) groups is 2. The summed E-state index contributed by atoms with van der Waals surface area (Å²) in [6, 6.07) is 13.2. The SMILES string of the molecule is COc1ccccc1-n1c(SCC(=O)Nc2sccc2C(N)=O)nc2cc([N+](=O)[O-])ccc21. The Bertz CT molecular complexity index is 1380. The highest BCUT2D eigenvalue weighted by atomic mass is 32.2. The molecule has 4 aromatic rings. The second kappa shape index (κ2) is 9.30. The first kappa shape index (κ1) is 22.3. The minimum absolute atomic E-state index is 0.0172. The fourth-order valence-electron chi connectivity index (χ4n) is 3.20. The van der Waals surface area contributed by atoms with Crippen molar-refractivity contribution in [2.75, 3.05) is 18.2 Å². The van der Waals surface area contributed by atoms with Crippen LogP contribution in [0.3, 0.4) is 0 Å². The van der Waals surface area contributed by atoms with Gasteiger partial charge in [-0.3, -0.25) is 24.3 Å². The number of non-ortho nitro benzene ring substituents is 1. The van der Waals surface area contributed by atoms with Crippen LogP contribution in [-0.2, 0) is 4.79 Å². The molecule has 0 atom stereocenters. The molecule has 0 aliphatic carbocycles. The summed E-state index contributed by atoms with van der Waals surface area (Å²) >= 11 is 2.35. The molecule has 0 aliphatic rings. The molecule has 33 heavy (non-hydrogen) atoms. The van der Waals surface area contributed by atoms with Crippen LogP contribution in [0.2, 0.25) is 0 Å². The topological polar surface area (TPSA) is 142 Å². The van der Waals surface area contributed by atoms with Crippen LogP contribution in [-0.4, -0.2) is 39.2 Å². The van der Waals surface area contributed by atoms with Gasteiger partial charge in [-0.1, -0.05) is 23.9 Å². The third kappa shape index (κ3) is 4.52. The van der Waals surface area contributed by atoms with Crippen molar-refractivity contribution in [2.45, 2.75) is 5.16 Å². The predicted octanol–water partition coefficient (Wildman–Crippen LogP) is 3.83. The maximum absolute atomic E-state index is 12.6. The molecule has 2 aromatic carbocycles. The van der Waals surface area contributed by atoms with E-state index in [2.05, 4.69) is 10.3 Å². The Hall–Kier alpha value is -3.90. The molecule has 2 aromatic heterocycles. The van der Waals surface area contributed by atoms with Crippen LogP contribution in [0.4, 0.5) is 10.7 Å². The van der Waals surface area contributed by atoms with Crippen LogP contribution in [0, 0.1) is 10.1 Å². The van der Waals surface area contributed by atoms with E-state index in [4.69, 9.17) is 10.5 Å². The summed E-state index contributed by atoms with van der Waals surface area (Å²) in [6.45, 7) is 0. The van der Waals surface area contributed by atoms with Crippen LogP contribution >= 0.6 is 23.1 Å². The second-order valence-corrected chi connectivity index (χ2v) is 8.55. The van der Waals surface area contributed by atoms with Crippen molar-refractivity contribution < 1.29 is 19.2 Å². The second-order valence-electron chi connectivity index (χ2n) is 6.70. The molecule has 0 spiro atoms. The Morgan fingerprint density at radius 1 is 1.27 bits per heavy atom. The van der Waals surface area contributed by atoms with Crippen molar-refractivity contribution in [3.63, 3.8) is 0 Å². The van der Waals surface area contributed by atoms with Gasteiger partial charge in [-0.05, 0) is 29.6 Å². The highest BCUT2D eigenvalue weighted by molar-refractivity contribution is 7.99. The Labute approximate surface area is 195 Å². The van der Waals surface area contributed by atoms with Crippen LogP contribution in [0.25, 0.3) is 16.7 Å². The number of anilines is 1. The molecule has 0 saturated heterocycles. The molecule has 0 fully saturated rings. The lowest BCUT2D eigenvalue weighted by Crippen LogP contribution is -2.18. The molecule has 4 rings (SSSR count). The van der Waals surface area contributed by atoms with E-state index in [0.717, 1.165) is 11.8 Å². The standard InChI is InChI=1S/C21H17N5O5S2/c1-31-17-5-3-2-4-16(17)25-15-7-6-12(26(29)30)10-14(15)23-21(25)33-11-18(27)24-20-13(19(22)28)8-9-32-20/h2-10H,11H2,1H3,(H2,22,28)(H,24,27). The number of thiophene rings is 1. The summed E-state index contributed by atoms with van der Waals surface area (Å²) in [5.41, 5.74) is 7.19. The Morgan fingerprint density at radius 3 is 2.79 bits per heavy atom. The van der Waals surface area contributed by atoms with Gasteiger partial charge in [-0.15, -0.1) is 11.3 Å². The Balaban J connectivity index is 1.68. The van der Waals surface area contributed by atoms with Crippen LogP contribution in [0.5, 0.6) is 5.75 Å². The zero-order valence-corrected chi connectivity index (χ0v) is 18.8. The molecule has 0 radical (unpaired) electrons. The van der Waals surface area contributed by atoms with Crippen LogP contribution in [0.15, 0.2) is 59.1 Å². The van der Waals surface area contributed by atoms with Crippen LogP contribution in [0.1, 0.15) is 10.4 Å². The van der Waals surface area contributed by atoms with Crippen molar-refractivity contribution in [1.29, 1.82) is 0 Å². The minimum Gasteiger partial charge on any atom is -0.495 e. The molecule has 10 nitrogen and oxygen atoms in total. The first-order valence-electron chi connectivity index (χ1n) is 9.49. The number of para-hydroxylation sites is 2. The number of hydrogen-bond donors (Lipinski definition) is 2. The summed E-state index contributed by atoms with van der Waals surface area (Å²) in [5.74, 6) is -0.420. The van der Waals surface area contributed by atoms with Crippen molar-refractivity contribution in [2.24, 2.45) is 5.73 Å². The number of fused-ring (bicyclic) bond motifs is 1. The van der Waals surface area contributed by atoms with E-state index in [1.807, 2.05) is 18.2 Å². The Kier molecular flexibility index (Phi) is 6.29. The van der Waals surface area contributed by atoms with E-state index < -0.39 is 10.8 Å². The molecule has 168 valence electrons. The molecule has 12 heteroatoms. The number of imidazole rings is 1. The van der Waals surface area contributed by atoms with E-state index in [1.54, 1.807) is 35.3 Å². The smallest absolute Gasteiger partial charge is 0.271 e. The number of methoxy groups -OCH3 is 1. The quantitative estimate of drug-likeness (QED) is 0.220. The predicted molar refractivity (Wildman–Crippen MR) is 126 cm³/mol. The lowest BCUT2D eigenvalue weighted by atomic mass is 10.2. The fourth-order valence-corrected chi connectivity index (χ4v) is 4.83. The molecule has 2 amide bonds. The summed E-state index contributed by atoms with van der Waals surface area (Å²) in [7, 11) is 1.54. The molecule has 0 saturated carbocycles. The summed E-state index contributed by atoms with van der Waals surface area (Å²) in [4.78, 5) is 39.3. The van der Waals surface area contributed by atoms with E-state index in [1.165, 1.54) is 23.5 Å². The highest BCUT2D eigenvalue weighted by Crippen LogP contribution is 2.34. The van der Waals surface area contributed by atoms with Crippen LogP contribution < -0.4 is 15.8 Å². The van der Waals surface area contributed by atoms with E-state index in [0.29, 0.717) is 32.6 Å². The number of thioether (sulfide) groups is 1. The number of nitrogens with zero attached hydrogens (tertiary/aromatic N) is 3. The third-order valence-corrected chi connectivity index (χ3v) is 6.43.